The second kappa shape index (κ2) is 4.56. The number of rotatable bonds is 3. The first-order valence-corrected chi connectivity index (χ1v) is 7.19. The summed E-state index contributed by atoms with van der Waals surface area (Å²) in [5.41, 5.74) is 0.118. The third-order valence-corrected chi connectivity index (χ3v) is 4.52. The van der Waals surface area contributed by atoms with Gasteiger partial charge in [-0.2, -0.15) is 0 Å². The van der Waals surface area contributed by atoms with E-state index in [9.17, 15) is 17.6 Å². The minimum atomic E-state index is -3.02. The van der Waals surface area contributed by atoms with Gasteiger partial charge in [0.2, 0.25) is 0 Å². The molecule has 0 aromatic heterocycles. The molecule has 1 unspecified atom stereocenters. The summed E-state index contributed by atoms with van der Waals surface area (Å²) in [6.45, 7) is 0. The molecule has 1 saturated heterocycles. The van der Waals surface area contributed by atoms with Crippen molar-refractivity contribution in [2.75, 3.05) is 16.8 Å². The summed E-state index contributed by atoms with van der Waals surface area (Å²) in [5, 5.41) is 11.6. The molecule has 1 aliphatic heterocycles. The highest BCUT2D eigenvalue weighted by Crippen LogP contribution is 2.20. The number of halogens is 1. The van der Waals surface area contributed by atoms with Crippen molar-refractivity contribution >= 4 is 21.5 Å². The molecule has 1 heterocycles. The van der Waals surface area contributed by atoms with Gasteiger partial charge in [-0.3, -0.25) is 0 Å². The average molecular weight is 273 g/mol. The number of nitrogens with one attached hydrogen (secondary N) is 1. The van der Waals surface area contributed by atoms with Crippen LogP contribution >= 0.6 is 0 Å². The van der Waals surface area contributed by atoms with Gasteiger partial charge in [-0.05, 0) is 24.6 Å². The Balaban J connectivity index is 2.17. The van der Waals surface area contributed by atoms with E-state index in [4.69, 9.17) is 5.11 Å². The number of benzene rings is 1. The smallest absolute Gasteiger partial charge is 0.335 e. The van der Waals surface area contributed by atoms with Crippen LogP contribution in [-0.2, 0) is 9.84 Å². The molecule has 0 bridgehead atoms. The second-order valence-corrected chi connectivity index (χ2v) is 6.51. The minimum absolute atomic E-state index is 0.00802. The summed E-state index contributed by atoms with van der Waals surface area (Å²) in [4.78, 5) is 10.8. The third-order valence-electron chi connectivity index (χ3n) is 2.75. The Hall–Kier alpha value is -1.63. The van der Waals surface area contributed by atoms with Gasteiger partial charge in [0, 0.05) is 11.7 Å². The van der Waals surface area contributed by atoms with Crippen LogP contribution in [0.3, 0.4) is 0 Å². The van der Waals surface area contributed by atoms with Gasteiger partial charge in [0.1, 0.15) is 5.82 Å². The van der Waals surface area contributed by atoms with Crippen LogP contribution < -0.4 is 5.32 Å². The third kappa shape index (κ3) is 2.98. The van der Waals surface area contributed by atoms with Gasteiger partial charge in [-0.25, -0.2) is 17.6 Å². The first kappa shape index (κ1) is 12.8. The van der Waals surface area contributed by atoms with E-state index in [1.807, 2.05) is 0 Å². The molecule has 0 aliphatic carbocycles. The summed E-state index contributed by atoms with van der Waals surface area (Å²) in [7, 11) is -3.02. The van der Waals surface area contributed by atoms with E-state index < -0.39 is 21.6 Å². The minimum Gasteiger partial charge on any atom is -0.478 e. The van der Waals surface area contributed by atoms with Gasteiger partial charge in [-0.1, -0.05) is 0 Å². The molecule has 1 atom stereocenters. The van der Waals surface area contributed by atoms with Crippen LogP contribution in [-0.4, -0.2) is 37.0 Å². The van der Waals surface area contributed by atoms with Crippen LogP contribution in [0.15, 0.2) is 18.2 Å². The molecular formula is C11H12FNO4S. The van der Waals surface area contributed by atoms with E-state index in [0.717, 1.165) is 12.1 Å². The Morgan fingerprint density at radius 3 is 2.67 bits per heavy atom. The molecule has 18 heavy (non-hydrogen) atoms. The van der Waals surface area contributed by atoms with Gasteiger partial charge >= 0.3 is 5.97 Å². The molecule has 0 amide bonds. The van der Waals surface area contributed by atoms with Crippen molar-refractivity contribution in [3.8, 4) is 0 Å². The van der Waals surface area contributed by atoms with Gasteiger partial charge in [-0.15, -0.1) is 0 Å². The molecule has 1 aliphatic rings. The highest BCUT2D eigenvalue weighted by Gasteiger charge is 2.27. The lowest BCUT2D eigenvalue weighted by atomic mass is 10.1. The highest BCUT2D eigenvalue weighted by molar-refractivity contribution is 7.91. The largest absolute Gasteiger partial charge is 0.478 e. The van der Waals surface area contributed by atoms with Crippen LogP contribution in [0.1, 0.15) is 16.8 Å². The fraction of sp³-hybridized carbons (Fsp3) is 0.364. The van der Waals surface area contributed by atoms with Crippen LogP contribution in [0, 0.1) is 5.82 Å². The van der Waals surface area contributed by atoms with E-state index >= 15 is 0 Å². The van der Waals surface area contributed by atoms with Crippen LogP contribution in [0.25, 0.3) is 0 Å². The zero-order valence-electron chi connectivity index (χ0n) is 9.39. The lowest BCUT2D eigenvalue weighted by molar-refractivity contribution is 0.0696. The summed E-state index contributed by atoms with van der Waals surface area (Å²) in [5.74, 6) is -1.80. The van der Waals surface area contributed by atoms with Crippen molar-refractivity contribution in [2.24, 2.45) is 0 Å². The molecule has 2 N–H and O–H groups in total. The molecule has 1 aromatic carbocycles. The second-order valence-electron chi connectivity index (χ2n) is 4.28. The molecule has 1 aromatic rings. The maximum absolute atomic E-state index is 13.2. The van der Waals surface area contributed by atoms with Crippen molar-refractivity contribution in [3.05, 3.63) is 29.6 Å². The van der Waals surface area contributed by atoms with Gasteiger partial charge in [0.15, 0.2) is 9.84 Å². The Morgan fingerprint density at radius 2 is 2.11 bits per heavy atom. The van der Waals surface area contributed by atoms with Gasteiger partial charge in [0.25, 0.3) is 0 Å². The molecule has 0 saturated carbocycles. The number of sulfone groups is 1. The Kier molecular flexibility index (Phi) is 3.25. The molecule has 0 radical (unpaired) electrons. The molecule has 98 valence electrons. The van der Waals surface area contributed by atoms with Gasteiger partial charge < -0.3 is 10.4 Å². The molecular weight excluding hydrogens is 261 g/mol. The van der Waals surface area contributed by atoms with Crippen molar-refractivity contribution < 1.29 is 22.7 Å². The van der Waals surface area contributed by atoms with Crippen molar-refractivity contribution in [2.45, 2.75) is 12.5 Å². The topological polar surface area (TPSA) is 83.5 Å². The van der Waals surface area contributed by atoms with E-state index in [1.54, 1.807) is 0 Å². The lowest BCUT2D eigenvalue weighted by Crippen LogP contribution is -2.20. The summed E-state index contributed by atoms with van der Waals surface area (Å²) < 4.78 is 35.7. The SMILES string of the molecule is O=C(O)c1cc(F)cc(NC2CCS(=O)(=O)C2)c1. The number of carbonyl (C=O) groups is 1. The van der Waals surface area contributed by atoms with Crippen LogP contribution in [0.4, 0.5) is 10.1 Å². The van der Waals surface area contributed by atoms with Crippen LogP contribution in [0.2, 0.25) is 0 Å². The Morgan fingerprint density at radius 1 is 1.39 bits per heavy atom. The number of hydrogen-bond donors (Lipinski definition) is 2. The van der Waals surface area contributed by atoms with E-state index in [1.165, 1.54) is 6.07 Å². The van der Waals surface area contributed by atoms with Crippen molar-refractivity contribution in [3.63, 3.8) is 0 Å². The average Bonchev–Trinajstić information content (AvgIpc) is 2.57. The predicted molar refractivity (Wildman–Crippen MR) is 64.0 cm³/mol. The summed E-state index contributed by atoms with van der Waals surface area (Å²) in [6.07, 6.45) is 0.446. The first-order valence-electron chi connectivity index (χ1n) is 5.36. The Labute approximate surface area is 104 Å². The van der Waals surface area contributed by atoms with Crippen molar-refractivity contribution in [1.29, 1.82) is 0 Å². The lowest BCUT2D eigenvalue weighted by Gasteiger charge is -2.12. The molecule has 1 fully saturated rings. The standard InChI is InChI=1S/C11H12FNO4S/c12-8-3-7(11(14)15)4-10(5-8)13-9-1-2-18(16,17)6-9/h3-5,9,13H,1-2,6H2,(H,14,15). The molecule has 0 spiro atoms. The number of aromatic carboxylic acids is 1. The highest BCUT2D eigenvalue weighted by atomic mass is 32.2. The fourth-order valence-corrected chi connectivity index (χ4v) is 3.61. The summed E-state index contributed by atoms with van der Waals surface area (Å²) >= 11 is 0. The molecule has 7 heteroatoms. The van der Waals surface area contributed by atoms with Crippen LogP contribution in [0.5, 0.6) is 0 Å². The monoisotopic (exact) mass is 273 g/mol. The molecule has 2 rings (SSSR count). The maximum Gasteiger partial charge on any atom is 0.335 e. The number of anilines is 1. The zero-order valence-corrected chi connectivity index (χ0v) is 10.2. The Bertz CT molecular complexity index is 585. The molecule has 5 nitrogen and oxygen atoms in total. The number of carboxylic acids is 1. The normalized spacial score (nSPS) is 21.7. The maximum atomic E-state index is 13.2. The van der Waals surface area contributed by atoms with Gasteiger partial charge in [0.05, 0.1) is 17.1 Å². The van der Waals surface area contributed by atoms with E-state index in [0.29, 0.717) is 6.42 Å². The number of hydrogen-bond acceptors (Lipinski definition) is 4. The number of carboxylic acid groups (broad SMARTS) is 1. The quantitative estimate of drug-likeness (QED) is 0.862. The first-order chi connectivity index (χ1) is 8.35. The predicted octanol–water partition coefficient (Wildman–Crippen LogP) is 1.12. The van der Waals surface area contributed by atoms with Crippen molar-refractivity contribution in [1.82, 2.24) is 0 Å². The fourth-order valence-electron chi connectivity index (χ4n) is 1.94. The summed E-state index contributed by atoms with van der Waals surface area (Å²) in [6, 6.07) is 3.06. The van der Waals surface area contributed by atoms with E-state index in [-0.39, 0.29) is 28.8 Å². The van der Waals surface area contributed by atoms with E-state index in [2.05, 4.69) is 5.32 Å². The zero-order chi connectivity index (χ0) is 13.3.